The van der Waals surface area contributed by atoms with Gasteiger partial charge in [-0.25, -0.2) is 13.2 Å². The summed E-state index contributed by atoms with van der Waals surface area (Å²) < 4.78 is 32.1. The van der Waals surface area contributed by atoms with Gasteiger partial charge < -0.3 is 4.74 Å². The lowest BCUT2D eigenvalue weighted by Crippen LogP contribution is -2.28. The van der Waals surface area contributed by atoms with Crippen molar-refractivity contribution in [3.63, 3.8) is 0 Å². The highest BCUT2D eigenvalue weighted by Gasteiger charge is 2.29. The molecule has 2 aromatic carbocycles. The molecule has 0 aromatic heterocycles. The predicted molar refractivity (Wildman–Crippen MR) is 100 cm³/mol. The van der Waals surface area contributed by atoms with Crippen LogP contribution >= 0.6 is 23.2 Å². The summed E-state index contributed by atoms with van der Waals surface area (Å²) in [6.07, 6.45) is 1.64. The van der Waals surface area contributed by atoms with E-state index in [9.17, 15) is 13.2 Å². The lowest BCUT2D eigenvalue weighted by atomic mass is 10.2. The van der Waals surface area contributed by atoms with E-state index in [0.29, 0.717) is 18.1 Å². The van der Waals surface area contributed by atoms with Crippen LogP contribution < -0.4 is 0 Å². The normalized spacial score (nSPS) is 15.2. The quantitative estimate of drug-likeness (QED) is 0.690. The van der Waals surface area contributed by atoms with Gasteiger partial charge in [0.15, 0.2) is 0 Å². The highest BCUT2D eigenvalue weighted by Crippen LogP contribution is 2.28. The molecule has 0 saturated carbocycles. The van der Waals surface area contributed by atoms with Crippen LogP contribution in [0.1, 0.15) is 28.8 Å². The highest BCUT2D eigenvalue weighted by atomic mass is 35.5. The Hall–Kier alpha value is -1.60. The zero-order valence-electron chi connectivity index (χ0n) is 13.8. The Morgan fingerprint density at radius 1 is 1.08 bits per heavy atom. The monoisotopic (exact) mass is 413 g/mol. The van der Waals surface area contributed by atoms with Gasteiger partial charge in [0, 0.05) is 18.1 Å². The maximum absolute atomic E-state index is 12.7. The highest BCUT2D eigenvalue weighted by molar-refractivity contribution is 7.89. The number of carbonyl (C=O) groups excluding carboxylic acids is 1. The summed E-state index contributed by atoms with van der Waals surface area (Å²) in [5.41, 5.74) is 0.874. The number of nitrogens with zero attached hydrogens (tertiary/aromatic N) is 1. The smallest absolute Gasteiger partial charge is 0.338 e. The number of ether oxygens (including phenoxy) is 1. The minimum absolute atomic E-state index is 0.0379. The molecule has 0 atom stereocenters. The zero-order valence-corrected chi connectivity index (χ0v) is 16.1. The number of rotatable bonds is 5. The van der Waals surface area contributed by atoms with Crippen LogP contribution in [-0.2, 0) is 21.4 Å². The van der Waals surface area contributed by atoms with Crippen molar-refractivity contribution < 1.29 is 17.9 Å². The van der Waals surface area contributed by atoms with E-state index in [1.54, 1.807) is 24.3 Å². The third-order valence-corrected chi connectivity index (χ3v) is 6.72. The molecule has 26 heavy (non-hydrogen) atoms. The van der Waals surface area contributed by atoms with E-state index in [2.05, 4.69) is 0 Å². The minimum Gasteiger partial charge on any atom is -0.457 e. The molecule has 0 radical (unpaired) electrons. The number of halogens is 2. The standard InChI is InChI=1S/C18H17Cl2NO4S/c19-15-5-3-4-13(10-15)12-25-18(22)14-6-7-16(20)17(11-14)26(23,24)21-8-1-2-9-21/h3-7,10-11H,1-2,8-9,12H2. The Bertz CT molecular complexity index is 925. The first kappa shape index (κ1) is 19.2. The second kappa shape index (κ2) is 7.96. The molecule has 0 aliphatic carbocycles. The third kappa shape index (κ3) is 4.20. The van der Waals surface area contributed by atoms with E-state index in [1.807, 2.05) is 0 Å². The number of sulfonamides is 1. The van der Waals surface area contributed by atoms with E-state index >= 15 is 0 Å². The van der Waals surface area contributed by atoms with Gasteiger partial charge in [-0.2, -0.15) is 4.31 Å². The van der Waals surface area contributed by atoms with Crippen molar-refractivity contribution in [2.24, 2.45) is 0 Å². The van der Waals surface area contributed by atoms with Gasteiger partial charge in [0.2, 0.25) is 10.0 Å². The maximum atomic E-state index is 12.7. The number of hydrogen-bond donors (Lipinski definition) is 0. The number of hydrogen-bond acceptors (Lipinski definition) is 4. The van der Waals surface area contributed by atoms with E-state index in [-0.39, 0.29) is 22.1 Å². The van der Waals surface area contributed by atoms with Crippen LogP contribution in [0.5, 0.6) is 0 Å². The van der Waals surface area contributed by atoms with Gasteiger partial charge in [-0.1, -0.05) is 35.3 Å². The molecule has 0 spiro atoms. The van der Waals surface area contributed by atoms with Crippen LogP contribution in [0.25, 0.3) is 0 Å². The van der Waals surface area contributed by atoms with E-state index in [0.717, 1.165) is 18.4 Å². The molecule has 0 unspecified atom stereocenters. The molecule has 1 saturated heterocycles. The molecule has 0 N–H and O–H groups in total. The van der Waals surface area contributed by atoms with Gasteiger partial charge in [0.25, 0.3) is 0 Å². The second-order valence-electron chi connectivity index (χ2n) is 5.96. The van der Waals surface area contributed by atoms with Gasteiger partial charge >= 0.3 is 5.97 Å². The lowest BCUT2D eigenvalue weighted by Gasteiger charge is -2.17. The summed E-state index contributed by atoms with van der Waals surface area (Å²) in [6.45, 7) is 0.959. The van der Waals surface area contributed by atoms with Crippen LogP contribution in [0.4, 0.5) is 0 Å². The van der Waals surface area contributed by atoms with Crippen molar-refractivity contribution >= 4 is 39.2 Å². The van der Waals surface area contributed by atoms with Crippen molar-refractivity contribution in [2.45, 2.75) is 24.3 Å². The molecule has 1 heterocycles. The topological polar surface area (TPSA) is 63.7 Å². The summed E-state index contributed by atoms with van der Waals surface area (Å²) in [7, 11) is -3.72. The van der Waals surface area contributed by atoms with Gasteiger partial charge in [-0.3, -0.25) is 0 Å². The van der Waals surface area contributed by atoms with Crippen molar-refractivity contribution in [2.75, 3.05) is 13.1 Å². The molecule has 0 bridgehead atoms. The molecule has 8 heteroatoms. The first-order chi connectivity index (χ1) is 12.4. The van der Waals surface area contributed by atoms with Crippen LogP contribution in [0.2, 0.25) is 10.0 Å². The number of carbonyl (C=O) groups is 1. The maximum Gasteiger partial charge on any atom is 0.338 e. The molecule has 1 fully saturated rings. The molecule has 3 rings (SSSR count). The van der Waals surface area contributed by atoms with E-state index < -0.39 is 16.0 Å². The Morgan fingerprint density at radius 2 is 1.81 bits per heavy atom. The van der Waals surface area contributed by atoms with Crippen molar-refractivity contribution in [1.29, 1.82) is 0 Å². The Labute approximate surface area is 162 Å². The summed E-state index contributed by atoms with van der Waals surface area (Å²) in [5.74, 6) is -0.625. The van der Waals surface area contributed by atoms with Crippen LogP contribution in [0, 0.1) is 0 Å². The third-order valence-electron chi connectivity index (χ3n) is 4.11. The fraction of sp³-hybridized carbons (Fsp3) is 0.278. The molecule has 0 amide bonds. The van der Waals surface area contributed by atoms with Gasteiger partial charge in [-0.05, 0) is 48.7 Å². The first-order valence-corrected chi connectivity index (χ1v) is 10.3. The Morgan fingerprint density at radius 3 is 2.50 bits per heavy atom. The molecular weight excluding hydrogens is 397 g/mol. The van der Waals surface area contributed by atoms with Gasteiger partial charge in [-0.15, -0.1) is 0 Å². The average Bonchev–Trinajstić information content (AvgIpc) is 3.15. The summed E-state index contributed by atoms with van der Waals surface area (Å²) in [6, 6.07) is 11.1. The SMILES string of the molecule is O=C(OCc1cccc(Cl)c1)c1ccc(Cl)c(S(=O)(=O)N2CCCC2)c1. The van der Waals surface area contributed by atoms with Gasteiger partial charge in [0.1, 0.15) is 11.5 Å². The summed E-state index contributed by atoms with van der Waals surface area (Å²) in [5, 5.41) is 0.632. The van der Waals surface area contributed by atoms with Gasteiger partial charge in [0.05, 0.1) is 10.6 Å². The summed E-state index contributed by atoms with van der Waals surface area (Å²) in [4.78, 5) is 12.2. The largest absolute Gasteiger partial charge is 0.457 e. The lowest BCUT2D eigenvalue weighted by molar-refractivity contribution is 0.0472. The van der Waals surface area contributed by atoms with Crippen molar-refractivity contribution in [1.82, 2.24) is 4.31 Å². The van der Waals surface area contributed by atoms with Crippen molar-refractivity contribution in [3.8, 4) is 0 Å². The first-order valence-electron chi connectivity index (χ1n) is 8.09. The van der Waals surface area contributed by atoms with Crippen LogP contribution in [-0.4, -0.2) is 31.8 Å². The minimum atomic E-state index is -3.72. The molecule has 2 aromatic rings. The number of benzene rings is 2. The van der Waals surface area contributed by atoms with Crippen LogP contribution in [0.3, 0.4) is 0 Å². The summed E-state index contributed by atoms with van der Waals surface area (Å²) >= 11 is 12.0. The predicted octanol–water partition coefficient (Wildman–Crippen LogP) is 4.13. The fourth-order valence-electron chi connectivity index (χ4n) is 2.75. The molecular formula is C18H17Cl2NO4S. The van der Waals surface area contributed by atoms with Crippen molar-refractivity contribution in [3.05, 3.63) is 63.6 Å². The molecule has 138 valence electrons. The molecule has 1 aliphatic rings. The van der Waals surface area contributed by atoms with E-state index in [4.69, 9.17) is 27.9 Å². The number of esters is 1. The molecule has 1 aliphatic heterocycles. The average molecular weight is 414 g/mol. The van der Waals surface area contributed by atoms with Crippen LogP contribution in [0.15, 0.2) is 47.4 Å². The van der Waals surface area contributed by atoms with E-state index in [1.165, 1.54) is 22.5 Å². The Kier molecular flexibility index (Phi) is 5.87. The molecule has 5 nitrogen and oxygen atoms in total. The zero-order chi connectivity index (χ0) is 18.7. The fourth-order valence-corrected chi connectivity index (χ4v) is 4.98. The Balaban J connectivity index is 1.79. The second-order valence-corrected chi connectivity index (χ2v) is 8.71.